The Morgan fingerprint density at radius 3 is 2.79 bits per heavy atom. The number of fused-ring (bicyclic) bond motifs is 1. The van der Waals surface area contributed by atoms with Crippen molar-refractivity contribution < 1.29 is 18.7 Å². The number of hydrogen-bond donors (Lipinski definition) is 1. The van der Waals surface area contributed by atoms with E-state index in [4.69, 9.17) is 9.47 Å². The third kappa shape index (κ3) is 5.37. The van der Waals surface area contributed by atoms with E-state index in [0.717, 1.165) is 18.4 Å². The Balaban J connectivity index is 1.63. The molecule has 1 amide bonds. The molecule has 4 heterocycles. The van der Waals surface area contributed by atoms with E-state index in [1.165, 1.54) is 0 Å². The van der Waals surface area contributed by atoms with Crippen molar-refractivity contribution in [1.82, 2.24) is 24.5 Å². The van der Waals surface area contributed by atoms with Gasteiger partial charge in [-0.2, -0.15) is 14.5 Å². The lowest BCUT2D eigenvalue weighted by molar-refractivity contribution is 0.0206. The molecule has 0 spiro atoms. The van der Waals surface area contributed by atoms with Gasteiger partial charge in [-0.15, -0.1) is 0 Å². The highest BCUT2D eigenvalue weighted by Crippen LogP contribution is 2.30. The third-order valence-corrected chi connectivity index (χ3v) is 5.25. The number of likely N-dealkylation sites (tertiary alicyclic amines) is 1. The summed E-state index contributed by atoms with van der Waals surface area (Å²) in [5.41, 5.74) is 0.878. The molecule has 1 fully saturated rings. The molecule has 0 aliphatic carbocycles. The summed E-state index contributed by atoms with van der Waals surface area (Å²) in [6.45, 7) is 10.1. The van der Waals surface area contributed by atoms with Crippen LogP contribution in [0, 0.1) is 5.82 Å². The molecule has 1 N–H and O–H groups in total. The number of amides is 1. The van der Waals surface area contributed by atoms with E-state index < -0.39 is 11.4 Å². The number of aromatic nitrogens is 4. The normalized spacial score (nSPS) is 16.7. The molecule has 3 aromatic rings. The van der Waals surface area contributed by atoms with Gasteiger partial charge < -0.3 is 19.7 Å². The van der Waals surface area contributed by atoms with Crippen LogP contribution in [-0.2, 0) is 4.74 Å². The van der Waals surface area contributed by atoms with Crippen LogP contribution in [0.2, 0.25) is 0 Å². The van der Waals surface area contributed by atoms with Crippen molar-refractivity contribution in [2.75, 3.05) is 18.4 Å². The number of pyridine rings is 1. The number of rotatable bonds is 5. The molecular weight excluding hydrogens is 439 g/mol. The topological polar surface area (TPSA) is 93.9 Å². The third-order valence-electron chi connectivity index (χ3n) is 5.25. The lowest BCUT2D eigenvalue weighted by atomic mass is 10.1. The Labute approximate surface area is 198 Å². The first-order valence-electron chi connectivity index (χ1n) is 11.5. The van der Waals surface area contributed by atoms with Crippen LogP contribution in [0.25, 0.3) is 16.9 Å². The standard InChI is InChI=1S/C24H31FN6O3/c1-15(2)33-22-19(25)21(27-16-9-8-11-30(14-16)23(32)34-24(3,4)5)28-20(29-22)17-13-26-31-12-7-6-10-18(17)31/h6-7,10,12-13,15-16H,8-9,11,14H2,1-5H3,(H,27,28,29)/t16-/m1/s1. The Morgan fingerprint density at radius 2 is 2.06 bits per heavy atom. The molecule has 34 heavy (non-hydrogen) atoms. The molecule has 3 aromatic heterocycles. The molecule has 1 aliphatic heterocycles. The number of halogens is 1. The van der Waals surface area contributed by atoms with Gasteiger partial charge in [0.05, 0.1) is 23.4 Å². The zero-order valence-electron chi connectivity index (χ0n) is 20.2. The number of nitrogens with one attached hydrogen (secondary N) is 1. The average Bonchev–Trinajstić information content (AvgIpc) is 3.19. The predicted octanol–water partition coefficient (Wildman–Crippen LogP) is 4.53. The second-order valence-electron chi connectivity index (χ2n) is 9.68. The largest absolute Gasteiger partial charge is 0.473 e. The van der Waals surface area contributed by atoms with Crippen LogP contribution in [0.4, 0.5) is 15.0 Å². The lowest BCUT2D eigenvalue weighted by Crippen LogP contribution is -2.47. The zero-order valence-corrected chi connectivity index (χ0v) is 20.2. The van der Waals surface area contributed by atoms with Gasteiger partial charge >= 0.3 is 6.09 Å². The van der Waals surface area contributed by atoms with Crippen LogP contribution < -0.4 is 10.1 Å². The zero-order chi connectivity index (χ0) is 24.5. The Hall–Kier alpha value is -3.43. The summed E-state index contributed by atoms with van der Waals surface area (Å²) in [7, 11) is 0. The van der Waals surface area contributed by atoms with E-state index in [-0.39, 0.29) is 29.9 Å². The molecule has 1 saturated heterocycles. The predicted molar refractivity (Wildman–Crippen MR) is 126 cm³/mol. The molecule has 1 aliphatic rings. The van der Waals surface area contributed by atoms with Gasteiger partial charge in [0.25, 0.3) is 5.88 Å². The van der Waals surface area contributed by atoms with Gasteiger partial charge in [0.1, 0.15) is 5.60 Å². The van der Waals surface area contributed by atoms with Gasteiger partial charge in [-0.1, -0.05) is 6.07 Å². The van der Waals surface area contributed by atoms with Gasteiger partial charge in [-0.3, -0.25) is 0 Å². The van der Waals surface area contributed by atoms with Crippen molar-refractivity contribution in [2.24, 2.45) is 0 Å². The van der Waals surface area contributed by atoms with Gasteiger partial charge in [0.15, 0.2) is 11.6 Å². The highest BCUT2D eigenvalue weighted by Gasteiger charge is 2.29. The maximum Gasteiger partial charge on any atom is 0.410 e. The van der Waals surface area contributed by atoms with E-state index in [1.807, 2.05) is 59.0 Å². The monoisotopic (exact) mass is 470 g/mol. The van der Waals surface area contributed by atoms with Crippen LogP contribution in [0.5, 0.6) is 5.88 Å². The summed E-state index contributed by atoms with van der Waals surface area (Å²) < 4.78 is 28.2. The van der Waals surface area contributed by atoms with E-state index in [9.17, 15) is 4.79 Å². The molecule has 0 saturated carbocycles. The van der Waals surface area contributed by atoms with Crippen molar-refractivity contribution in [2.45, 2.75) is 65.2 Å². The van der Waals surface area contributed by atoms with Crippen LogP contribution in [-0.4, -0.2) is 61.4 Å². The number of carbonyl (C=O) groups is 1. The highest BCUT2D eigenvalue weighted by molar-refractivity contribution is 5.76. The molecule has 0 aromatic carbocycles. The molecule has 0 unspecified atom stereocenters. The summed E-state index contributed by atoms with van der Waals surface area (Å²) in [4.78, 5) is 23.0. The molecule has 4 rings (SSSR count). The minimum atomic E-state index is -0.664. The first-order valence-corrected chi connectivity index (χ1v) is 11.5. The summed E-state index contributed by atoms with van der Waals surface area (Å²) >= 11 is 0. The first kappa shape index (κ1) is 23.7. The van der Waals surface area contributed by atoms with E-state index in [2.05, 4.69) is 20.4 Å². The summed E-state index contributed by atoms with van der Waals surface area (Å²) in [5, 5.41) is 7.51. The van der Waals surface area contributed by atoms with Gasteiger partial charge in [0.2, 0.25) is 5.82 Å². The summed E-state index contributed by atoms with van der Waals surface area (Å²) in [6, 6.07) is 5.46. The van der Waals surface area contributed by atoms with Crippen LogP contribution in [0.15, 0.2) is 30.6 Å². The van der Waals surface area contributed by atoms with Gasteiger partial charge in [-0.25, -0.2) is 14.3 Å². The van der Waals surface area contributed by atoms with E-state index in [0.29, 0.717) is 24.5 Å². The van der Waals surface area contributed by atoms with Crippen molar-refractivity contribution in [3.05, 3.63) is 36.4 Å². The number of anilines is 1. The highest BCUT2D eigenvalue weighted by atomic mass is 19.1. The van der Waals surface area contributed by atoms with E-state index >= 15 is 4.39 Å². The summed E-state index contributed by atoms with van der Waals surface area (Å²) in [5.74, 6) is -0.451. The van der Waals surface area contributed by atoms with Gasteiger partial charge in [0, 0.05) is 25.3 Å². The average molecular weight is 471 g/mol. The minimum absolute atomic E-state index is 0.0342. The second kappa shape index (κ2) is 9.44. The van der Waals surface area contributed by atoms with Crippen LogP contribution in [0.3, 0.4) is 0 Å². The number of nitrogens with zero attached hydrogens (tertiary/aromatic N) is 5. The Bertz CT molecular complexity index is 1170. The van der Waals surface area contributed by atoms with Crippen molar-refractivity contribution in [1.29, 1.82) is 0 Å². The number of carbonyl (C=O) groups excluding carboxylic acids is 1. The smallest absolute Gasteiger partial charge is 0.410 e. The fourth-order valence-electron chi connectivity index (χ4n) is 3.83. The van der Waals surface area contributed by atoms with E-state index in [1.54, 1.807) is 15.6 Å². The minimum Gasteiger partial charge on any atom is -0.473 e. The van der Waals surface area contributed by atoms with Crippen molar-refractivity contribution in [3.8, 4) is 17.3 Å². The number of piperidine rings is 1. The molecule has 9 nitrogen and oxygen atoms in total. The molecule has 0 radical (unpaired) electrons. The van der Waals surface area contributed by atoms with Crippen molar-refractivity contribution in [3.63, 3.8) is 0 Å². The lowest BCUT2D eigenvalue weighted by Gasteiger charge is -2.34. The van der Waals surface area contributed by atoms with Crippen LogP contribution in [0.1, 0.15) is 47.5 Å². The quantitative estimate of drug-likeness (QED) is 0.586. The maximum absolute atomic E-state index is 15.4. The molecular formula is C24H31FN6O3. The number of hydrogen-bond acceptors (Lipinski definition) is 7. The SMILES string of the molecule is CC(C)Oc1nc(-c2cnn3ccccc23)nc(N[C@@H]2CCCN(C(=O)OC(C)(C)C)C2)c1F. The summed E-state index contributed by atoms with van der Waals surface area (Å²) in [6.07, 6.45) is 4.34. The molecule has 182 valence electrons. The fourth-order valence-corrected chi connectivity index (χ4v) is 3.83. The van der Waals surface area contributed by atoms with Crippen molar-refractivity contribution >= 4 is 17.4 Å². The maximum atomic E-state index is 15.4. The number of ether oxygens (including phenoxy) is 2. The van der Waals surface area contributed by atoms with Crippen LogP contribution >= 0.6 is 0 Å². The molecule has 1 atom stereocenters. The first-order chi connectivity index (χ1) is 16.1. The molecule has 10 heteroatoms. The van der Waals surface area contributed by atoms with Gasteiger partial charge in [-0.05, 0) is 59.6 Å². The Kier molecular flexibility index (Phi) is 6.58. The Morgan fingerprint density at radius 1 is 1.26 bits per heavy atom. The second-order valence-corrected chi connectivity index (χ2v) is 9.68. The fraction of sp³-hybridized carbons (Fsp3) is 0.500. The molecule has 0 bridgehead atoms.